The molecule has 2 aliphatic rings. The van der Waals surface area contributed by atoms with Crippen molar-refractivity contribution in [3.8, 4) is 6.07 Å². The summed E-state index contributed by atoms with van der Waals surface area (Å²) >= 11 is 0. The Morgan fingerprint density at radius 2 is 2.35 bits per heavy atom. The molecule has 1 aliphatic heterocycles. The van der Waals surface area contributed by atoms with Gasteiger partial charge in [0.05, 0.1) is 30.0 Å². The largest absolute Gasteiger partial charge is 0.495 e. The van der Waals surface area contributed by atoms with Gasteiger partial charge in [0.15, 0.2) is 0 Å². The van der Waals surface area contributed by atoms with Crippen molar-refractivity contribution in [1.82, 2.24) is 0 Å². The fourth-order valence-corrected chi connectivity index (χ4v) is 2.19. The Hall–Kier alpha value is -1.99. The Balaban J connectivity index is 0.000000379. The minimum Gasteiger partial charge on any atom is -0.495 e. The molecule has 126 valence electrons. The lowest BCUT2D eigenvalue weighted by Crippen LogP contribution is -2.30. The van der Waals surface area contributed by atoms with Crippen molar-refractivity contribution in [2.75, 3.05) is 13.2 Å². The molecule has 0 amide bonds. The van der Waals surface area contributed by atoms with E-state index in [1.54, 1.807) is 6.08 Å². The van der Waals surface area contributed by atoms with Crippen LogP contribution in [0.25, 0.3) is 0 Å². The molecule has 0 saturated carbocycles. The minimum atomic E-state index is -0.420. The zero-order valence-electron chi connectivity index (χ0n) is 14.3. The Morgan fingerprint density at radius 3 is 2.91 bits per heavy atom. The van der Waals surface area contributed by atoms with Crippen molar-refractivity contribution in [1.29, 1.82) is 5.26 Å². The van der Waals surface area contributed by atoms with Crippen molar-refractivity contribution in [3.63, 3.8) is 0 Å². The maximum atomic E-state index is 8.93. The van der Waals surface area contributed by atoms with Gasteiger partial charge in [-0.25, -0.2) is 0 Å². The monoisotopic (exact) mass is 316 g/mol. The number of rotatable bonds is 5. The molecule has 4 heteroatoms. The maximum absolute atomic E-state index is 8.93. The van der Waals surface area contributed by atoms with Crippen molar-refractivity contribution < 1.29 is 9.47 Å². The number of hydrogen-bond acceptors (Lipinski definition) is 4. The van der Waals surface area contributed by atoms with Gasteiger partial charge in [-0.2, -0.15) is 5.26 Å². The van der Waals surface area contributed by atoms with Crippen molar-refractivity contribution >= 4 is 0 Å². The van der Waals surface area contributed by atoms with Gasteiger partial charge in [0.25, 0.3) is 0 Å². The smallest absolute Gasteiger partial charge is 0.114 e. The predicted molar refractivity (Wildman–Crippen MR) is 93.2 cm³/mol. The molecule has 1 atom stereocenters. The summed E-state index contributed by atoms with van der Waals surface area (Å²) in [5.41, 5.74) is 6.65. The van der Waals surface area contributed by atoms with Gasteiger partial charge in [0.2, 0.25) is 0 Å². The highest BCUT2D eigenvalue weighted by Crippen LogP contribution is 2.29. The molecule has 1 unspecified atom stereocenters. The van der Waals surface area contributed by atoms with Gasteiger partial charge in [0, 0.05) is 25.0 Å². The summed E-state index contributed by atoms with van der Waals surface area (Å²) in [6.45, 7) is 11.8. The first kappa shape index (κ1) is 19.1. The molecule has 0 aromatic rings. The number of allylic oxidation sites excluding steroid dienone is 4. The van der Waals surface area contributed by atoms with E-state index in [1.165, 1.54) is 5.57 Å². The molecule has 4 nitrogen and oxygen atoms in total. The zero-order chi connectivity index (χ0) is 17.3. The van der Waals surface area contributed by atoms with Gasteiger partial charge in [-0.05, 0) is 25.8 Å². The third kappa shape index (κ3) is 7.21. The average molecular weight is 316 g/mol. The molecule has 2 N–H and O–H groups in total. The molecule has 0 fully saturated rings. The molecular weight excluding hydrogens is 288 g/mol. The fraction of sp³-hybridized carbons (Fsp3) is 0.526. The molecule has 0 saturated heterocycles. The number of hydrogen-bond donors (Lipinski definition) is 1. The third-order valence-electron chi connectivity index (χ3n) is 3.50. The van der Waals surface area contributed by atoms with Crippen LogP contribution in [-0.2, 0) is 9.47 Å². The van der Waals surface area contributed by atoms with Crippen LogP contribution >= 0.6 is 0 Å². The fourth-order valence-electron chi connectivity index (χ4n) is 2.19. The summed E-state index contributed by atoms with van der Waals surface area (Å²) in [6, 6.07) is 2.25. The molecule has 0 aromatic carbocycles. The SMILES string of the molecule is C=CCC(=C)N.CC(C)(C#N)COC1COC2=C(C=CCC2)C1. The number of nitriles is 1. The van der Waals surface area contributed by atoms with E-state index < -0.39 is 5.41 Å². The van der Waals surface area contributed by atoms with E-state index in [9.17, 15) is 0 Å². The quantitative estimate of drug-likeness (QED) is 0.779. The Bertz CT molecular complexity index is 524. The lowest BCUT2D eigenvalue weighted by atomic mass is 9.96. The molecule has 2 rings (SSSR count). The summed E-state index contributed by atoms with van der Waals surface area (Å²) < 4.78 is 11.5. The molecule has 0 aromatic heterocycles. The summed E-state index contributed by atoms with van der Waals surface area (Å²) in [5.74, 6) is 1.13. The standard InChI is InChI=1S/C14H19NO2.C5H9N/c1-14(2,9-15)10-17-12-7-11-5-3-4-6-13(11)16-8-12;1-3-4-5(2)6/h3,5,12H,4,6-8,10H2,1-2H3;3H,1-2,4,6H2. The first-order valence-corrected chi connectivity index (χ1v) is 7.96. The van der Waals surface area contributed by atoms with Gasteiger partial charge in [0.1, 0.15) is 6.61 Å². The summed E-state index contributed by atoms with van der Waals surface area (Å²) in [7, 11) is 0. The first-order valence-electron chi connectivity index (χ1n) is 7.96. The lowest BCUT2D eigenvalue weighted by Gasteiger charge is -2.29. The summed E-state index contributed by atoms with van der Waals surface area (Å²) in [4.78, 5) is 0. The van der Waals surface area contributed by atoms with Crippen LogP contribution in [0, 0.1) is 16.7 Å². The third-order valence-corrected chi connectivity index (χ3v) is 3.50. The summed E-state index contributed by atoms with van der Waals surface area (Å²) in [5, 5.41) is 8.93. The van der Waals surface area contributed by atoms with Crippen LogP contribution in [0.5, 0.6) is 0 Å². The van der Waals surface area contributed by atoms with Crippen LogP contribution in [0.1, 0.15) is 39.5 Å². The van der Waals surface area contributed by atoms with Gasteiger partial charge in [-0.15, -0.1) is 6.58 Å². The Kier molecular flexibility index (Phi) is 7.64. The molecule has 1 heterocycles. The molecule has 1 aliphatic carbocycles. The van der Waals surface area contributed by atoms with Gasteiger partial charge in [-0.3, -0.25) is 0 Å². The maximum Gasteiger partial charge on any atom is 0.114 e. The van der Waals surface area contributed by atoms with Crippen molar-refractivity contribution in [3.05, 3.63) is 48.4 Å². The molecule has 23 heavy (non-hydrogen) atoms. The van der Waals surface area contributed by atoms with Crippen LogP contribution in [-0.4, -0.2) is 19.3 Å². The number of nitrogens with two attached hydrogens (primary N) is 1. The van der Waals surface area contributed by atoms with Crippen molar-refractivity contribution in [2.45, 2.75) is 45.6 Å². The van der Waals surface area contributed by atoms with Crippen molar-refractivity contribution in [2.24, 2.45) is 11.1 Å². The molecule has 0 bridgehead atoms. The first-order chi connectivity index (χ1) is 10.9. The second-order valence-corrected chi connectivity index (χ2v) is 6.48. The van der Waals surface area contributed by atoms with E-state index in [1.807, 2.05) is 13.8 Å². The number of nitrogens with zero attached hydrogens (tertiary/aromatic N) is 1. The molecular formula is C19H28N2O2. The number of ether oxygens (including phenoxy) is 2. The lowest BCUT2D eigenvalue weighted by molar-refractivity contribution is -0.0311. The van der Waals surface area contributed by atoms with E-state index in [0.717, 1.165) is 31.4 Å². The van der Waals surface area contributed by atoms with E-state index in [-0.39, 0.29) is 6.10 Å². The Morgan fingerprint density at radius 1 is 1.61 bits per heavy atom. The average Bonchev–Trinajstić information content (AvgIpc) is 2.53. The van der Waals surface area contributed by atoms with Crippen LogP contribution in [0.15, 0.2) is 48.4 Å². The Labute approximate surface area is 140 Å². The van der Waals surface area contributed by atoms with Crippen LogP contribution in [0.3, 0.4) is 0 Å². The van der Waals surface area contributed by atoms with E-state index >= 15 is 0 Å². The minimum absolute atomic E-state index is 0.0872. The second kappa shape index (κ2) is 9.22. The second-order valence-electron chi connectivity index (χ2n) is 6.48. The molecule has 0 radical (unpaired) electrons. The van der Waals surface area contributed by atoms with E-state index in [0.29, 0.717) is 18.9 Å². The highest BCUT2D eigenvalue weighted by atomic mass is 16.5. The van der Waals surface area contributed by atoms with Gasteiger partial charge in [-0.1, -0.05) is 24.8 Å². The van der Waals surface area contributed by atoms with E-state index in [4.69, 9.17) is 20.5 Å². The normalized spacial score (nSPS) is 19.6. The summed E-state index contributed by atoms with van der Waals surface area (Å²) in [6.07, 6.45) is 9.86. The van der Waals surface area contributed by atoms with Crippen LogP contribution in [0.4, 0.5) is 0 Å². The van der Waals surface area contributed by atoms with Crippen LogP contribution in [0.2, 0.25) is 0 Å². The highest BCUT2D eigenvalue weighted by molar-refractivity contribution is 5.28. The van der Waals surface area contributed by atoms with Gasteiger partial charge >= 0.3 is 0 Å². The van der Waals surface area contributed by atoms with Crippen LogP contribution < -0.4 is 5.73 Å². The highest BCUT2D eigenvalue weighted by Gasteiger charge is 2.25. The van der Waals surface area contributed by atoms with Gasteiger partial charge < -0.3 is 15.2 Å². The zero-order valence-corrected chi connectivity index (χ0v) is 14.3. The molecule has 0 spiro atoms. The predicted octanol–water partition coefficient (Wildman–Crippen LogP) is 3.98. The van der Waals surface area contributed by atoms with E-state index in [2.05, 4.69) is 31.4 Å². The topological polar surface area (TPSA) is 68.3 Å².